The summed E-state index contributed by atoms with van der Waals surface area (Å²) in [4.78, 5) is 12.3. The summed E-state index contributed by atoms with van der Waals surface area (Å²) in [6, 6.07) is 11.7. The Kier molecular flexibility index (Phi) is 5.37. The molecule has 0 bridgehead atoms. The van der Waals surface area contributed by atoms with Crippen LogP contribution < -0.4 is 10.1 Å². The fourth-order valence-corrected chi connectivity index (χ4v) is 2.34. The first-order chi connectivity index (χ1) is 10.9. The van der Waals surface area contributed by atoms with Crippen LogP contribution in [-0.2, 0) is 4.79 Å². The molecule has 122 valence electrons. The van der Waals surface area contributed by atoms with Crippen LogP contribution in [0.1, 0.15) is 36.6 Å². The third-order valence-corrected chi connectivity index (χ3v) is 3.73. The summed E-state index contributed by atoms with van der Waals surface area (Å²) in [5, 5.41) is 2.88. The third-order valence-electron chi connectivity index (χ3n) is 3.73. The van der Waals surface area contributed by atoms with E-state index in [1.165, 1.54) is 12.1 Å². The number of carbonyl (C=O) groups is 1. The molecule has 0 fully saturated rings. The molecule has 0 aliphatic heterocycles. The molecule has 2 aromatic rings. The number of nitrogens with one attached hydrogen (secondary N) is 1. The van der Waals surface area contributed by atoms with Crippen molar-refractivity contribution in [2.75, 3.05) is 0 Å². The quantitative estimate of drug-likeness (QED) is 0.902. The standard InChI is InChI=1S/C19H22FNO2/c1-12-5-10-18(13(2)11-12)23-15(4)19(22)21-14(3)16-6-8-17(20)9-7-16/h5-11,14-15H,1-4H3,(H,21,22)/t14-,15-/m0/s1. The Hall–Kier alpha value is -2.36. The van der Waals surface area contributed by atoms with E-state index in [9.17, 15) is 9.18 Å². The Labute approximate surface area is 136 Å². The van der Waals surface area contributed by atoms with Gasteiger partial charge in [0.05, 0.1) is 6.04 Å². The fraction of sp³-hybridized carbons (Fsp3) is 0.316. The van der Waals surface area contributed by atoms with Crippen molar-refractivity contribution in [2.45, 2.75) is 39.8 Å². The topological polar surface area (TPSA) is 38.3 Å². The number of carbonyl (C=O) groups excluding carboxylic acids is 1. The highest BCUT2D eigenvalue weighted by Gasteiger charge is 2.18. The summed E-state index contributed by atoms with van der Waals surface area (Å²) in [6.07, 6.45) is -0.612. The summed E-state index contributed by atoms with van der Waals surface area (Å²) in [5.74, 6) is 0.202. The lowest BCUT2D eigenvalue weighted by atomic mass is 10.1. The predicted octanol–water partition coefficient (Wildman–Crippen LogP) is 4.09. The largest absolute Gasteiger partial charge is 0.481 e. The lowest BCUT2D eigenvalue weighted by molar-refractivity contribution is -0.127. The first-order valence-corrected chi connectivity index (χ1v) is 7.66. The number of aryl methyl sites for hydroxylation is 2. The molecule has 0 saturated heterocycles. The van der Waals surface area contributed by atoms with Gasteiger partial charge in [-0.1, -0.05) is 29.8 Å². The Morgan fingerprint density at radius 3 is 2.35 bits per heavy atom. The van der Waals surface area contributed by atoms with Gasteiger partial charge in [-0.2, -0.15) is 0 Å². The van der Waals surface area contributed by atoms with E-state index in [2.05, 4.69) is 5.32 Å². The second-order valence-corrected chi connectivity index (χ2v) is 5.81. The van der Waals surface area contributed by atoms with Crippen LogP contribution in [0.5, 0.6) is 5.75 Å². The van der Waals surface area contributed by atoms with E-state index in [0.29, 0.717) is 5.75 Å². The first kappa shape index (κ1) is 17.0. The zero-order valence-corrected chi connectivity index (χ0v) is 13.9. The number of benzene rings is 2. The summed E-state index contributed by atoms with van der Waals surface area (Å²) in [5.41, 5.74) is 2.99. The van der Waals surface area contributed by atoms with Gasteiger partial charge in [0.2, 0.25) is 0 Å². The predicted molar refractivity (Wildman–Crippen MR) is 89.0 cm³/mol. The van der Waals surface area contributed by atoms with Gasteiger partial charge in [0.1, 0.15) is 11.6 Å². The highest BCUT2D eigenvalue weighted by molar-refractivity contribution is 5.81. The van der Waals surface area contributed by atoms with E-state index in [1.54, 1.807) is 19.1 Å². The molecule has 4 heteroatoms. The normalized spacial score (nSPS) is 13.3. The van der Waals surface area contributed by atoms with Crippen LogP contribution >= 0.6 is 0 Å². The lowest BCUT2D eigenvalue weighted by Gasteiger charge is -2.20. The number of hydrogen-bond donors (Lipinski definition) is 1. The molecule has 0 unspecified atom stereocenters. The molecule has 0 aliphatic rings. The van der Waals surface area contributed by atoms with E-state index in [-0.39, 0.29) is 17.8 Å². The molecule has 0 aliphatic carbocycles. The van der Waals surface area contributed by atoms with Crippen molar-refractivity contribution in [1.82, 2.24) is 5.32 Å². The minimum atomic E-state index is -0.612. The van der Waals surface area contributed by atoms with Crippen LogP contribution in [0.2, 0.25) is 0 Å². The smallest absolute Gasteiger partial charge is 0.261 e. The molecule has 0 saturated carbocycles. The monoisotopic (exact) mass is 315 g/mol. The van der Waals surface area contributed by atoms with Crippen LogP contribution in [0.3, 0.4) is 0 Å². The van der Waals surface area contributed by atoms with E-state index in [0.717, 1.165) is 16.7 Å². The highest BCUT2D eigenvalue weighted by Crippen LogP contribution is 2.20. The van der Waals surface area contributed by atoms with Gasteiger partial charge in [0, 0.05) is 0 Å². The van der Waals surface area contributed by atoms with Gasteiger partial charge in [0.25, 0.3) is 5.91 Å². The molecule has 2 rings (SSSR count). The van der Waals surface area contributed by atoms with Crippen molar-refractivity contribution in [3.8, 4) is 5.75 Å². The van der Waals surface area contributed by atoms with E-state index in [1.807, 2.05) is 39.0 Å². The number of hydrogen-bond acceptors (Lipinski definition) is 2. The van der Waals surface area contributed by atoms with Crippen molar-refractivity contribution in [3.05, 3.63) is 65.0 Å². The van der Waals surface area contributed by atoms with Crippen molar-refractivity contribution in [3.63, 3.8) is 0 Å². The second-order valence-electron chi connectivity index (χ2n) is 5.81. The second kappa shape index (κ2) is 7.27. The summed E-state index contributed by atoms with van der Waals surface area (Å²) in [6.45, 7) is 7.53. The lowest BCUT2D eigenvalue weighted by Crippen LogP contribution is -2.37. The Morgan fingerprint density at radius 2 is 1.74 bits per heavy atom. The third kappa shape index (κ3) is 4.55. The van der Waals surface area contributed by atoms with Crippen molar-refractivity contribution in [1.29, 1.82) is 0 Å². The maximum Gasteiger partial charge on any atom is 0.261 e. The SMILES string of the molecule is Cc1ccc(O[C@@H](C)C(=O)N[C@@H](C)c2ccc(F)cc2)c(C)c1. The maximum atomic E-state index is 12.9. The van der Waals surface area contributed by atoms with Crippen LogP contribution in [0.4, 0.5) is 4.39 Å². The first-order valence-electron chi connectivity index (χ1n) is 7.66. The molecule has 1 N–H and O–H groups in total. The molecule has 0 heterocycles. The van der Waals surface area contributed by atoms with Gasteiger partial charge in [-0.3, -0.25) is 4.79 Å². The van der Waals surface area contributed by atoms with Crippen LogP contribution in [0.15, 0.2) is 42.5 Å². The van der Waals surface area contributed by atoms with Crippen LogP contribution in [-0.4, -0.2) is 12.0 Å². The van der Waals surface area contributed by atoms with E-state index >= 15 is 0 Å². The van der Waals surface area contributed by atoms with Gasteiger partial charge in [-0.25, -0.2) is 4.39 Å². The summed E-state index contributed by atoms with van der Waals surface area (Å²) in [7, 11) is 0. The Morgan fingerprint density at radius 1 is 1.09 bits per heavy atom. The molecule has 2 atom stereocenters. The average molecular weight is 315 g/mol. The van der Waals surface area contributed by atoms with Crippen LogP contribution in [0, 0.1) is 19.7 Å². The molecule has 23 heavy (non-hydrogen) atoms. The number of halogens is 1. The van der Waals surface area contributed by atoms with Crippen molar-refractivity contribution >= 4 is 5.91 Å². The molecule has 0 spiro atoms. The molecule has 2 aromatic carbocycles. The highest BCUT2D eigenvalue weighted by atomic mass is 19.1. The van der Waals surface area contributed by atoms with Gasteiger partial charge in [0.15, 0.2) is 6.10 Å². The molecular weight excluding hydrogens is 293 g/mol. The summed E-state index contributed by atoms with van der Waals surface area (Å²) >= 11 is 0. The van der Waals surface area contributed by atoms with Gasteiger partial charge in [-0.15, -0.1) is 0 Å². The molecular formula is C19H22FNO2. The fourth-order valence-electron chi connectivity index (χ4n) is 2.34. The van der Waals surface area contributed by atoms with Crippen molar-refractivity contribution in [2.24, 2.45) is 0 Å². The number of rotatable bonds is 5. The number of amides is 1. The van der Waals surface area contributed by atoms with Gasteiger partial charge in [-0.05, 0) is 57.0 Å². The Balaban J connectivity index is 1.98. The molecule has 0 aromatic heterocycles. The Bertz CT molecular complexity index is 682. The maximum absolute atomic E-state index is 12.9. The number of ether oxygens (including phenoxy) is 1. The molecule has 0 radical (unpaired) electrons. The van der Waals surface area contributed by atoms with Crippen molar-refractivity contribution < 1.29 is 13.9 Å². The van der Waals surface area contributed by atoms with E-state index in [4.69, 9.17) is 4.74 Å². The zero-order chi connectivity index (χ0) is 17.0. The van der Waals surface area contributed by atoms with Crippen LogP contribution in [0.25, 0.3) is 0 Å². The minimum Gasteiger partial charge on any atom is -0.481 e. The minimum absolute atomic E-state index is 0.207. The average Bonchev–Trinajstić information content (AvgIpc) is 2.50. The van der Waals surface area contributed by atoms with Gasteiger partial charge >= 0.3 is 0 Å². The molecule has 1 amide bonds. The summed E-state index contributed by atoms with van der Waals surface area (Å²) < 4.78 is 18.7. The molecule has 3 nitrogen and oxygen atoms in total. The van der Waals surface area contributed by atoms with E-state index < -0.39 is 6.10 Å². The zero-order valence-electron chi connectivity index (χ0n) is 13.9. The van der Waals surface area contributed by atoms with Gasteiger partial charge < -0.3 is 10.1 Å².